The molecule has 128 valence electrons. The van der Waals surface area contributed by atoms with Crippen molar-refractivity contribution in [3.05, 3.63) is 53.1 Å². The van der Waals surface area contributed by atoms with Crippen LogP contribution in [0, 0.1) is 6.92 Å². The van der Waals surface area contributed by atoms with Gasteiger partial charge in [0.15, 0.2) is 0 Å². The summed E-state index contributed by atoms with van der Waals surface area (Å²) < 4.78 is 15.8. The van der Waals surface area contributed by atoms with Crippen molar-refractivity contribution in [1.82, 2.24) is 5.32 Å². The third-order valence-electron chi connectivity index (χ3n) is 3.85. The number of hydrogen-bond donors (Lipinski definition) is 1. The molecule has 0 radical (unpaired) electrons. The second kappa shape index (κ2) is 7.73. The Kier molecular flexibility index (Phi) is 5.68. The van der Waals surface area contributed by atoms with E-state index in [2.05, 4.69) is 5.32 Å². The van der Waals surface area contributed by atoms with E-state index >= 15 is 0 Å². The maximum Gasteiger partial charge on any atom is 0.255 e. The molecule has 0 aromatic heterocycles. The van der Waals surface area contributed by atoms with Gasteiger partial charge in [-0.2, -0.15) is 0 Å². The topological polar surface area (TPSA) is 56.8 Å². The third-order valence-corrected chi connectivity index (χ3v) is 3.85. The van der Waals surface area contributed by atoms with Crippen LogP contribution in [0.2, 0.25) is 0 Å². The molecule has 2 aromatic carbocycles. The van der Waals surface area contributed by atoms with E-state index in [0.29, 0.717) is 17.1 Å². The smallest absolute Gasteiger partial charge is 0.255 e. The normalized spacial score (nSPS) is 11.5. The number of rotatable bonds is 6. The molecular weight excluding hydrogens is 306 g/mol. The van der Waals surface area contributed by atoms with Crippen molar-refractivity contribution in [2.75, 3.05) is 21.3 Å². The Morgan fingerprint density at radius 3 is 2.29 bits per heavy atom. The van der Waals surface area contributed by atoms with Crippen molar-refractivity contribution in [2.24, 2.45) is 0 Å². The highest BCUT2D eigenvalue weighted by Crippen LogP contribution is 2.28. The minimum atomic E-state index is -0.217. The minimum absolute atomic E-state index is 0.209. The van der Waals surface area contributed by atoms with Crippen LogP contribution in [0.3, 0.4) is 0 Å². The Morgan fingerprint density at radius 2 is 1.67 bits per heavy atom. The molecule has 0 unspecified atom stereocenters. The highest BCUT2D eigenvalue weighted by molar-refractivity contribution is 5.97. The lowest BCUT2D eigenvalue weighted by Gasteiger charge is -2.19. The van der Waals surface area contributed by atoms with E-state index in [-0.39, 0.29) is 11.9 Å². The fourth-order valence-corrected chi connectivity index (χ4v) is 2.53. The lowest BCUT2D eigenvalue weighted by Crippen LogP contribution is -2.27. The first kappa shape index (κ1) is 17.7. The zero-order valence-electron chi connectivity index (χ0n) is 14.7. The Hall–Kier alpha value is -2.69. The van der Waals surface area contributed by atoms with Gasteiger partial charge in [0.05, 0.1) is 32.9 Å². The first-order valence-corrected chi connectivity index (χ1v) is 7.67. The second-order valence-corrected chi connectivity index (χ2v) is 5.51. The van der Waals surface area contributed by atoms with Crippen LogP contribution in [0.5, 0.6) is 17.2 Å². The van der Waals surface area contributed by atoms with Gasteiger partial charge in [0, 0.05) is 11.6 Å². The van der Waals surface area contributed by atoms with E-state index in [1.807, 2.05) is 32.0 Å². The highest BCUT2D eigenvalue weighted by atomic mass is 16.5. The van der Waals surface area contributed by atoms with Crippen molar-refractivity contribution in [3.63, 3.8) is 0 Å². The van der Waals surface area contributed by atoms with E-state index < -0.39 is 0 Å². The van der Waals surface area contributed by atoms with Crippen molar-refractivity contribution in [2.45, 2.75) is 19.9 Å². The summed E-state index contributed by atoms with van der Waals surface area (Å²) in [6.45, 7) is 3.93. The molecule has 0 heterocycles. The van der Waals surface area contributed by atoms with E-state index in [1.54, 1.807) is 32.4 Å². The fourth-order valence-electron chi connectivity index (χ4n) is 2.53. The SMILES string of the molecule is COc1ccc(C(=O)N[C@H](C)c2cc(C)ccc2OC)c(OC)c1. The van der Waals surface area contributed by atoms with E-state index in [4.69, 9.17) is 14.2 Å². The molecule has 24 heavy (non-hydrogen) atoms. The van der Waals surface area contributed by atoms with Gasteiger partial charge in [-0.25, -0.2) is 0 Å². The van der Waals surface area contributed by atoms with Crippen LogP contribution >= 0.6 is 0 Å². The summed E-state index contributed by atoms with van der Waals surface area (Å²) in [6.07, 6.45) is 0. The van der Waals surface area contributed by atoms with Crippen LogP contribution in [0.15, 0.2) is 36.4 Å². The molecule has 0 fully saturated rings. The number of ether oxygens (including phenoxy) is 3. The molecule has 0 saturated carbocycles. The Morgan fingerprint density at radius 1 is 0.958 bits per heavy atom. The fraction of sp³-hybridized carbons (Fsp3) is 0.316. The van der Waals surface area contributed by atoms with Crippen LogP contribution in [0.25, 0.3) is 0 Å². The van der Waals surface area contributed by atoms with Crippen molar-refractivity contribution < 1.29 is 19.0 Å². The predicted octanol–water partition coefficient (Wildman–Crippen LogP) is 3.51. The molecule has 5 heteroatoms. The van der Waals surface area contributed by atoms with Crippen LogP contribution in [-0.4, -0.2) is 27.2 Å². The van der Waals surface area contributed by atoms with Gasteiger partial charge in [-0.1, -0.05) is 17.7 Å². The van der Waals surface area contributed by atoms with Crippen LogP contribution in [0.1, 0.15) is 34.5 Å². The molecule has 0 aliphatic rings. The summed E-state index contributed by atoms with van der Waals surface area (Å²) in [6, 6.07) is 10.8. The molecule has 0 spiro atoms. The molecule has 2 aromatic rings. The summed E-state index contributed by atoms with van der Waals surface area (Å²) in [5.41, 5.74) is 2.49. The van der Waals surface area contributed by atoms with Crippen molar-refractivity contribution in [1.29, 1.82) is 0 Å². The number of aryl methyl sites for hydroxylation is 1. The summed E-state index contributed by atoms with van der Waals surface area (Å²) in [5, 5.41) is 2.99. The Bertz CT molecular complexity index is 727. The van der Waals surface area contributed by atoms with Crippen molar-refractivity contribution in [3.8, 4) is 17.2 Å². The number of methoxy groups -OCH3 is 3. The Balaban J connectivity index is 2.25. The molecule has 0 aliphatic heterocycles. The maximum atomic E-state index is 12.6. The number of carbonyl (C=O) groups excluding carboxylic acids is 1. The summed E-state index contributed by atoms with van der Waals surface area (Å²) in [7, 11) is 4.72. The molecule has 0 saturated heterocycles. The number of carbonyl (C=O) groups is 1. The molecule has 0 aliphatic carbocycles. The van der Waals surface area contributed by atoms with Gasteiger partial charge in [0.25, 0.3) is 5.91 Å². The molecule has 5 nitrogen and oxygen atoms in total. The number of nitrogens with one attached hydrogen (secondary N) is 1. The molecule has 0 bridgehead atoms. The lowest BCUT2D eigenvalue weighted by molar-refractivity contribution is 0.0936. The summed E-state index contributed by atoms with van der Waals surface area (Å²) in [5.74, 6) is 1.63. The number of benzene rings is 2. The summed E-state index contributed by atoms with van der Waals surface area (Å²) in [4.78, 5) is 12.6. The van der Waals surface area contributed by atoms with Crippen molar-refractivity contribution >= 4 is 5.91 Å². The van der Waals surface area contributed by atoms with Gasteiger partial charge in [0.1, 0.15) is 17.2 Å². The zero-order valence-corrected chi connectivity index (χ0v) is 14.7. The zero-order chi connectivity index (χ0) is 17.7. The van der Waals surface area contributed by atoms with E-state index in [9.17, 15) is 4.79 Å². The molecule has 2 rings (SSSR count). The first-order chi connectivity index (χ1) is 11.5. The Labute approximate surface area is 142 Å². The standard InChI is InChI=1S/C19H23NO4/c1-12-6-9-17(23-4)16(10-12)13(2)20-19(21)15-8-7-14(22-3)11-18(15)24-5/h6-11,13H,1-5H3,(H,20,21)/t13-/m1/s1. The van der Waals surface area contributed by atoms with E-state index in [1.165, 1.54) is 7.11 Å². The second-order valence-electron chi connectivity index (χ2n) is 5.51. The monoisotopic (exact) mass is 329 g/mol. The summed E-state index contributed by atoms with van der Waals surface area (Å²) >= 11 is 0. The quantitative estimate of drug-likeness (QED) is 0.881. The number of amides is 1. The van der Waals surface area contributed by atoms with Crippen LogP contribution in [-0.2, 0) is 0 Å². The van der Waals surface area contributed by atoms with Gasteiger partial charge in [-0.05, 0) is 32.0 Å². The van der Waals surface area contributed by atoms with Crippen LogP contribution in [0.4, 0.5) is 0 Å². The number of hydrogen-bond acceptors (Lipinski definition) is 4. The average molecular weight is 329 g/mol. The molecule has 1 amide bonds. The molecule has 1 N–H and O–H groups in total. The highest BCUT2D eigenvalue weighted by Gasteiger charge is 2.18. The largest absolute Gasteiger partial charge is 0.497 e. The van der Waals surface area contributed by atoms with Gasteiger partial charge >= 0.3 is 0 Å². The molecule has 1 atom stereocenters. The van der Waals surface area contributed by atoms with Crippen LogP contribution < -0.4 is 19.5 Å². The first-order valence-electron chi connectivity index (χ1n) is 7.67. The average Bonchev–Trinajstić information content (AvgIpc) is 2.60. The van der Waals surface area contributed by atoms with Gasteiger partial charge in [-0.3, -0.25) is 4.79 Å². The molecular formula is C19H23NO4. The van der Waals surface area contributed by atoms with Gasteiger partial charge in [-0.15, -0.1) is 0 Å². The van der Waals surface area contributed by atoms with E-state index in [0.717, 1.165) is 16.9 Å². The minimum Gasteiger partial charge on any atom is -0.497 e. The third kappa shape index (κ3) is 3.79. The van der Waals surface area contributed by atoms with Gasteiger partial charge in [0.2, 0.25) is 0 Å². The predicted molar refractivity (Wildman–Crippen MR) is 93.2 cm³/mol. The van der Waals surface area contributed by atoms with Gasteiger partial charge < -0.3 is 19.5 Å². The maximum absolute atomic E-state index is 12.6. The lowest BCUT2D eigenvalue weighted by atomic mass is 10.0.